The quantitative estimate of drug-likeness (QED) is 0.615. The summed E-state index contributed by atoms with van der Waals surface area (Å²) in [6, 6.07) is 9.74. The lowest BCUT2D eigenvalue weighted by molar-refractivity contribution is 0.0806. The molecule has 84 valence electrons. The third kappa shape index (κ3) is 6.10. The zero-order valence-electron chi connectivity index (χ0n) is 9.15. The van der Waals surface area contributed by atoms with Gasteiger partial charge in [-0.05, 0) is 18.6 Å². The van der Waals surface area contributed by atoms with Gasteiger partial charge in [0, 0.05) is 20.3 Å². The Morgan fingerprint density at radius 3 is 2.47 bits per heavy atom. The van der Waals surface area contributed by atoms with E-state index in [1.54, 1.807) is 7.11 Å². The molecule has 0 radical (unpaired) electrons. The van der Waals surface area contributed by atoms with Gasteiger partial charge in [-0.2, -0.15) is 0 Å². The van der Waals surface area contributed by atoms with Crippen molar-refractivity contribution in [1.82, 2.24) is 0 Å². The molecule has 1 rings (SSSR count). The van der Waals surface area contributed by atoms with Gasteiger partial charge in [-0.3, -0.25) is 0 Å². The van der Waals surface area contributed by atoms with Crippen LogP contribution in [0.25, 0.3) is 0 Å². The molecule has 1 aromatic rings. The molecule has 0 aliphatic heterocycles. The summed E-state index contributed by atoms with van der Waals surface area (Å²) in [4.78, 5) is 0. The maximum atomic E-state index is 5.46. The van der Waals surface area contributed by atoms with Crippen molar-refractivity contribution in [1.29, 1.82) is 0 Å². The molecular weight excluding hydrogens is 192 g/mol. The Morgan fingerprint density at radius 2 is 1.73 bits per heavy atom. The van der Waals surface area contributed by atoms with Crippen molar-refractivity contribution in [3.8, 4) is 5.75 Å². The molecule has 3 nitrogen and oxygen atoms in total. The molecule has 0 saturated carbocycles. The van der Waals surface area contributed by atoms with E-state index in [0.717, 1.165) is 25.4 Å². The van der Waals surface area contributed by atoms with Gasteiger partial charge in [0.15, 0.2) is 0 Å². The Balaban J connectivity index is 1.93. The molecule has 15 heavy (non-hydrogen) atoms. The summed E-state index contributed by atoms with van der Waals surface area (Å²) in [7, 11) is 1.69. The Labute approximate surface area is 91.0 Å². The van der Waals surface area contributed by atoms with E-state index in [-0.39, 0.29) is 0 Å². The highest BCUT2D eigenvalue weighted by Crippen LogP contribution is 2.07. The number of hydrogen-bond donors (Lipinski definition) is 0. The van der Waals surface area contributed by atoms with E-state index in [1.165, 1.54) is 0 Å². The summed E-state index contributed by atoms with van der Waals surface area (Å²) in [5.41, 5.74) is 0. The number of methoxy groups -OCH3 is 1. The number of hydrogen-bond acceptors (Lipinski definition) is 3. The van der Waals surface area contributed by atoms with Crippen LogP contribution in [0.15, 0.2) is 30.3 Å². The highest BCUT2D eigenvalue weighted by Gasteiger charge is 1.92. The largest absolute Gasteiger partial charge is 0.491 e. The zero-order chi connectivity index (χ0) is 10.8. The van der Waals surface area contributed by atoms with Crippen molar-refractivity contribution >= 4 is 0 Å². The lowest BCUT2D eigenvalue weighted by Crippen LogP contribution is -2.08. The molecule has 0 N–H and O–H groups in total. The molecule has 0 saturated heterocycles. The van der Waals surface area contributed by atoms with Crippen molar-refractivity contribution in [2.45, 2.75) is 6.42 Å². The Hall–Kier alpha value is -1.06. The average molecular weight is 210 g/mol. The van der Waals surface area contributed by atoms with Crippen LogP contribution in [0.1, 0.15) is 6.42 Å². The van der Waals surface area contributed by atoms with Gasteiger partial charge in [0.1, 0.15) is 12.4 Å². The summed E-state index contributed by atoms with van der Waals surface area (Å²) >= 11 is 0. The second-order valence-electron chi connectivity index (χ2n) is 3.12. The summed E-state index contributed by atoms with van der Waals surface area (Å²) in [5, 5.41) is 0. The summed E-state index contributed by atoms with van der Waals surface area (Å²) in [6.07, 6.45) is 0.932. The molecule has 1 aromatic carbocycles. The third-order valence-electron chi connectivity index (χ3n) is 1.88. The van der Waals surface area contributed by atoms with E-state index in [0.29, 0.717) is 13.2 Å². The van der Waals surface area contributed by atoms with E-state index < -0.39 is 0 Å². The van der Waals surface area contributed by atoms with Crippen LogP contribution in [-0.4, -0.2) is 33.5 Å². The molecule has 3 heteroatoms. The molecule has 0 aliphatic rings. The lowest BCUT2D eigenvalue weighted by Gasteiger charge is -2.06. The van der Waals surface area contributed by atoms with Gasteiger partial charge < -0.3 is 14.2 Å². The van der Waals surface area contributed by atoms with Crippen LogP contribution in [-0.2, 0) is 9.47 Å². The zero-order valence-corrected chi connectivity index (χ0v) is 9.15. The first kappa shape index (κ1) is 12.0. The predicted molar refractivity (Wildman–Crippen MR) is 59.2 cm³/mol. The van der Waals surface area contributed by atoms with E-state index >= 15 is 0 Å². The summed E-state index contributed by atoms with van der Waals surface area (Å²) < 4.78 is 15.7. The van der Waals surface area contributed by atoms with Crippen LogP contribution in [0.3, 0.4) is 0 Å². The SMILES string of the molecule is COCCCOCCOc1ccccc1. The molecule has 0 heterocycles. The molecule has 0 unspecified atom stereocenters. The number of benzene rings is 1. The standard InChI is InChI=1S/C12H18O3/c1-13-8-5-9-14-10-11-15-12-6-3-2-4-7-12/h2-4,6-7H,5,8-11H2,1H3. The number of rotatable bonds is 8. The van der Waals surface area contributed by atoms with E-state index in [4.69, 9.17) is 14.2 Å². The minimum atomic E-state index is 0.594. The van der Waals surface area contributed by atoms with Gasteiger partial charge in [-0.25, -0.2) is 0 Å². The van der Waals surface area contributed by atoms with Gasteiger partial charge in [-0.1, -0.05) is 18.2 Å². The number of para-hydroxylation sites is 1. The second-order valence-corrected chi connectivity index (χ2v) is 3.12. The van der Waals surface area contributed by atoms with E-state index in [9.17, 15) is 0 Å². The third-order valence-corrected chi connectivity index (χ3v) is 1.88. The normalized spacial score (nSPS) is 10.2. The van der Waals surface area contributed by atoms with Crippen molar-refractivity contribution in [2.24, 2.45) is 0 Å². The first-order valence-corrected chi connectivity index (χ1v) is 5.18. The molecule has 0 aliphatic carbocycles. The monoisotopic (exact) mass is 210 g/mol. The van der Waals surface area contributed by atoms with Crippen LogP contribution in [0, 0.1) is 0 Å². The minimum Gasteiger partial charge on any atom is -0.491 e. The summed E-state index contributed by atoms with van der Waals surface area (Å²) in [6.45, 7) is 2.70. The minimum absolute atomic E-state index is 0.594. The van der Waals surface area contributed by atoms with Gasteiger partial charge in [0.05, 0.1) is 6.61 Å². The van der Waals surface area contributed by atoms with Crippen molar-refractivity contribution in [2.75, 3.05) is 33.5 Å². The molecule has 0 aromatic heterocycles. The van der Waals surface area contributed by atoms with Crippen molar-refractivity contribution < 1.29 is 14.2 Å². The van der Waals surface area contributed by atoms with Gasteiger partial charge >= 0.3 is 0 Å². The molecule has 0 spiro atoms. The van der Waals surface area contributed by atoms with Crippen LogP contribution in [0.4, 0.5) is 0 Å². The maximum absolute atomic E-state index is 5.46. The van der Waals surface area contributed by atoms with Crippen LogP contribution in [0.5, 0.6) is 5.75 Å². The van der Waals surface area contributed by atoms with Crippen LogP contribution >= 0.6 is 0 Å². The smallest absolute Gasteiger partial charge is 0.119 e. The van der Waals surface area contributed by atoms with Gasteiger partial charge in [-0.15, -0.1) is 0 Å². The van der Waals surface area contributed by atoms with Crippen molar-refractivity contribution in [3.05, 3.63) is 30.3 Å². The first-order chi connectivity index (χ1) is 7.43. The Kier molecular flexibility index (Phi) is 6.62. The molecule has 0 bridgehead atoms. The fraction of sp³-hybridized carbons (Fsp3) is 0.500. The second kappa shape index (κ2) is 8.26. The lowest BCUT2D eigenvalue weighted by atomic mass is 10.3. The molecule has 0 fully saturated rings. The molecule has 0 amide bonds. The predicted octanol–water partition coefficient (Wildman–Crippen LogP) is 2.12. The average Bonchev–Trinajstić information content (AvgIpc) is 2.29. The van der Waals surface area contributed by atoms with Crippen LogP contribution < -0.4 is 4.74 Å². The molecule has 0 atom stereocenters. The Bertz CT molecular complexity index is 236. The van der Waals surface area contributed by atoms with Crippen molar-refractivity contribution in [3.63, 3.8) is 0 Å². The summed E-state index contributed by atoms with van der Waals surface area (Å²) in [5.74, 6) is 0.887. The van der Waals surface area contributed by atoms with Gasteiger partial charge in [0.25, 0.3) is 0 Å². The maximum Gasteiger partial charge on any atom is 0.119 e. The Morgan fingerprint density at radius 1 is 0.933 bits per heavy atom. The topological polar surface area (TPSA) is 27.7 Å². The highest BCUT2D eigenvalue weighted by molar-refractivity contribution is 5.20. The highest BCUT2D eigenvalue weighted by atomic mass is 16.5. The van der Waals surface area contributed by atoms with Crippen LogP contribution in [0.2, 0.25) is 0 Å². The first-order valence-electron chi connectivity index (χ1n) is 5.18. The van der Waals surface area contributed by atoms with Gasteiger partial charge in [0.2, 0.25) is 0 Å². The molecular formula is C12H18O3. The van der Waals surface area contributed by atoms with E-state index in [2.05, 4.69) is 0 Å². The fourth-order valence-electron chi connectivity index (χ4n) is 1.14. The van der Waals surface area contributed by atoms with E-state index in [1.807, 2.05) is 30.3 Å². The number of ether oxygens (including phenoxy) is 3. The fourth-order valence-corrected chi connectivity index (χ4v) is 1.14.